The van der Waals surface area contributed by atoms with Crippen LogP contribution in [0.25, 0.3) is 0 Å². The molecule has 33 heavy (non-hydrogen) atoms. The van der Waals surface area contributed by atoms with Crippen molar-refractivity contribution in [2.75, 3.05) is 26.3 Å². The molecule has 3 rings (SSSR count). The van der Waals surface area contributed by atoms with E-state index >= 15 is 0 Å². The Labute approximate surface area is 194 Å². The summed E-state index contributed by atoms with van der Waals surface area (Å²) in [6.07, 6.45) is 1.17. The summed E-state index contributed by atoms with van der Waals surface area (Å²) in [6, 6.07) is 10.00. The SMILES string of the molecule is CCOc1ccc([C@@H](C)NC(=O)[C@H]2CCCN(S(=O)(=O)c3ccc(F)cc3)C2)cc1OCC. The number of nitrogens with one attached hydrogen (secondary N) is 1. The van der Waals surface area contributed by atoms with Crippen LogP contribution in [-0.2, 0) is 14.8 Å². The molecule has 2 aromatic rings. The van der Waals surface area contributed by atoms with Gasteiger partial charge in [0.2, 0.25) is 15.9 Å². The summed E-state index contributed by atoms with van der Waals surface area (Å²) < 4.78 is 51.6. The molecule has 0 aromatic heterocycles. The van der Waals surface area contributed by atoms with E-state index in [2.05, 4.69) is 5.32 Å². The Kier molecular flexibility index (Phi) is 8.31. The Balaban J connectivity index is 1.68. The van der Waals surface area contributed by atoms with Gasteiger partial charge in [-0.3, -0.25) is 4.79 Å². The molecule has 0 unspecified atom stereocenters. The number of benzene rings is 2. The molecule has 0 radical (unpaired) electrons. The number of carbonyl (C=O) groups excluding carboxylic acids is 1. The quantitative estimate of drug-likeness (QED) is 0.591. The standard InChI is InChI=1S/C24H31FN2O5S/c1-4-31-22-13-8-18(15-23(22)32-5-2)17(3)26-24(28)19-7-6-14-27(16-19)33(29,30)21-11-9-20(25)10-12-21/h8-13,15,17,19H,4-7,14,16H2,1-3H3,(H,26,28)/t17-,19+/m1/s1. The fourth-order valence-electron chi connectivity index (χ4n) is 3.88. The smallest absolute Gasteiger partial charge is 0.243 e. The van der Waals surface area contributed by atoms with Crippen molar-refractivity contribution in [2.45, 2.75) is 44.6 Å². The van der Waals surface area contributed by atoms with Crippen LogP contribution < -0.4 is 14.8 Å². The summed E-state index contributed by atoms with van der Waals surface area (Å²) in [4.78, 5) is 13.0. The lowest BCUT2D eigenvalue weighted by molar-refractivity contribution is -0.126. The average Bonchev–Trinajstić information content (AvgIpc) is 2.81. The van der Waals surface area contributed by atoms with Crippen molar-refractivity contribution >= 4 is 15.9 Å². The van der Waals surface area contributed by atoms with Gasteiger partial charge in [0.15, 0.2) is 11.5 Å². The summed E-state index contributed by atoms with van der Waals surface area (Å²) in [5.74, 6) is 0.0992. The van der Waals surface area contributed by atoms with Gasteiger partial charge in [0.25, 0.3) is 0 Å². The third kappa shape index (κ3) is 6.03. The second-order valence-electron chi connectivity index (χ2n) is 7.96. The Morgan fingerprint density at radius 2 is 1.79 bits per heavy atom. The van der Waals surface area contributed by atoms with E-state index in [-0.39, 0.29) is 23.4 Å². The fourth-order valence-corrected chi connectivity index (χ4v) is 5.41. The first kappa shape index (κ1) is 25.0. The Morgan fingerprint density at radius 1 is 1.12 bits per heavy atom. The Bertz CT molecular complexity index is 1060. The van der Waals surface area contributed by atoms with Gasteiger partial charge < -0.3 is 14.8 Å². The molecule has 0 spiro atoms. The summed E-state index contributed by atoms with van der Waals surface area (Å²) in [5, 5.41) is 3.00. The number of hydrogen-bond donors (Lipinski definition) is 1. The summed E-state index contributed by atoms with van der Waals surface area (Å²) in [5.41, 5.74) is 0.863. The molecule has 1 aliphatic heterocycles. The van der Waals surface area contributed by atoms with Crippen molar-refractivity contribution in [3.8, 4) is 11.5 Å². The lowest BCUT2D eigenvalue weighted by atomic mass is 9.98. The number of piperidine rings is 1. The molecule has 9 heteroatoms. The first-order valence-electron chi connectivity index (χ1n) is 11.2. The second-order valence-corrected chi connectivity index (χ2v) is 9.90. The van der Waals surface area contributed by atoms with Crippen LogP contribution >= 0.6 is 0 Å². The van der Waals surface area contributed by atoms with Crippen LogP contribution in [0.15, 0.2) is 47.4 Å². The van der Waals surface area contributed by atoms with Gasteiger partial charge >= 0.3 is 0 Å². The third-order valence-corrected chi connectivity index (χ3v) is 7.51. The zero-order valence-corrected chi connectivity index (χ0v) is 20.0. The minimum Gasteiger partial charge on any atom is -0.490 e. The zero-order chi connectivity index (χ0) is 24.0. The van der Waals surface area contributed by atoms with E-state index in [4.69, 9.17) is 9.47 Å². The molecule has 0 bridgehead atoms. The molecule has 2 atom stereocenters. The topological polar surface area (TPSA) is 84.9 Å². The molecular formula is C24H31FN2O5S. The van der Waals surface area contributed by atoms with E-state index in [9.17, 15) is 17.6 Å². The number of carbonyl (C=O) groups is 1. The van der Waals surface area contributed by atoms with E-state index in [0.717, 1.165) is 17.7 Å². The predicted molar refractivity (Wildman–Crippen MR) is 123 cm³/mol. The number of nitrogens with zero attached hydrogens (tertiary/aromatic N) is 1. The van der Waals surface area contributed by atoms with Crippen LogP contribution in [-0.4, -0.2) is 44.9 Å². The van der Waals surface area contributed by atoms with E-state index in [1.165, 1.54) is 16.4 Å². The van der Waals surface area contributed by atoms with Crippen molar-refractivity contribution in [2.24, 2.45) is 5.92 Å². The van der Waals surface area contributed by atoms with E-state index < -0.39 is 21.8 Å². The molecule has 7 nitrogen and oxygen atoms in total. The average molecular weight is 479 g/mol. The van der Waals surface area contributed by atoms with Crippen LogP contribution in [0.5, 0.6) is 11.5 Å². The van der Waals surface area contributed by atoms with Crippen molar-refractivity contribution in [3.63, 3.8) is 0 Å². The molecule has 1 fully saturated rings. The molecular weight excluding hydrogens is 447 g/mol. The monoisotopic (exact) mass is 478 g/mol. The van der Waals surface area contributed by atoms with Crippen LogP contribution in [0.2, 0.25) is 0 Å². The highest BCUT2D eigenvalue weighted by Crippen LogP contribution is 2.31. The van der Waals surface area contributed by atoms with E-state index in [1.807, 2.05) is 39.0 Å². The lowest BCUT2D eigenvalue weighted by Gasteiger charge is -2.32. The number of rotatable bonds is 9. The molecule has 2 aromatic carbocycles. The maximum Gasteiger partial charge on any atom is 0.243 e. The molecule has 180 valence electrons. The van der Waals surface area contributed by atoms with Crippen molar-refractivity contribution in [1.82, 2.24) is 9.62 Å². The summed E-state index contributed by atoms with van der Waals surface area (Å²) >= 11 is 0. The maximum atomic E-state index is 13.2. The first-order chi connectivity index (χ1) is 15.8. The van der Waals surface area contributed by atoms with Crippen molar-refractivity contribution in [3.05, 3.63) is 53.8 Å². The lowest BCUT2D eigenvalue weighted by Crippen LogP contribution is -2.45. The highest BCUT2D eigenvalue weighted by molar-refractivity contribution is 7.89. The molecule has 1 N–H and O–H groups in total. The Hall–Kier alpha value is -2.65. The number of ether oxygens (including phenoxy) is 2. The largest absolute Gasteiger partial charge is 0.490 e. The summed E-state index contributed by atoms with van der Waals surface area (Å²) in [7, 11) is -3.79. The van der Waals surface area contributed by atoms with E-state index in [1.54, 1.807) is 0 Å². The van der Waals surface area contributed by atoms with Crippen molar-refractivity contribution in [1.29, 1.82) is 0 Å². The molecule has 0 saturated carbocycles. The van der Waals surface area contributed by atoms with Crippen LogP contribution in [0.3, 0.4) is 0 Å². The number of hydrogen-bond acceptors (Lipinski definition) is 5. The number of amides is 1. The molecule has 1 heterocycles. The van der Waals surface area contributed by atoms with Gasteiger partial charge in [0.1, 0.15) is 5.82 Å². The van der Waals surface area contributed by atoms with Gasteiger partial charge in [-0.15, -0.1) is 0 Å². The number of halogens is 1. The van der Waals surface area contributed by atoms with Gasteiger partial charge in [-0.05, 0) is 75.6 Å². The van der Waals surface area contributed by atoms with E-state index in [0.29, 0.717) is 44.1 Å². The zero-order valence-electron chi connectivity index (χ0n) is 19.2. The molecule has 0 aliphatic carbocycles. The highest BCUT2D eigenvalue weighted by atomic mass is 32.2. The van der Waals surface area contributed by atoms with Gasteiger partial charge in [0.05, 0.1) is 30.1 Å². The summed E-state index contributed by atoms with van der Waals surface area (Å²) in [6.45, 7) is 7.09. The third-order valence-electron chi connectivity index (χ3n) is 5.63. The number of sulfonamides is 1. The van der Waals surface area contributed by atoms with Crippen molar-refractivity contribution < 1.29 is 27.1 Å². The second kappa shape index (κ2) is 11.0. The fraction of sp³-hybridized carbons (Fsp3) is 0.458. The van der Waals surface area contributed by atoms with Crippen LogP contribution in [0, 0.1) is 11.7 Å². The van der Waals surface area contributed by atoms with Crippen LogP contribution in [0.1, 0.15) is 45.2 Å². The first-order valence-corrected chi connectivity index (χ1v) is 12.7. The van der Waals surface area contributed by atoms with Gasteiger partial charge in [-0.25, -0.2) is 12.8 Å². The Morgan fingerprint density at radius 3 is 2.45 bits per heavy atom. The minimum atomic E-state index is -3.79. The minimum absolute atomic E-state index is 0.0242. The van der Waals surface area contributed by atoms with Crippen LogP contribution in [0.4, 0.5) is 4.39 Å². The molecule has 1 amide bonds. The molecule has 1 saturated heterocycles. The highest BCUT2D eigenvalue weighted by Gasteiger charge is 2.33. The van der Waals surface area contributed by atoms with Gasteiger partial charge in [-0.2, -0.15) is 4.31 Å². The van der Waals surface area contributed by atoms with Gasteiger partial charge in [-0.1, -0.05) is 6.07 Å². The van der Waals surface area contributed by atoms with Gasteiger partial charge in [0, 0.05) is 13.1 Å². The normalized spacial score (nSPS) is 17.9. The predicted octanol–water partition coefficient (Wildman–Crippen LogP) is 3.90. The maximum absolute atomic E-state index is 13.2. The molecule has 1 aliphatic rings.